The van der Waals surface area contributed by atoms with Crippen molar-refractivity contribution in [2.24, 2.45) is 0 Å². The predicted molar refractivity (Wildman–Crippen MR) is 94.8 cm³/mol. The summed E-state index contributed by atoms with van der Waals surface area (Å²) < 4.78 is 68.4. The van der Waals surface area contributed by atoms with E-state index in [1.54, 1.807) is 12.1 Å². The maximum atomic E-state index is 13.0. The summed E-state index contributed by atoms with van der Waals surface area (Å²) in [5.41, 5.74) is 1.19. The molecule has 0 bridgehead atoms. The fraction of sp³-hybridized carbons (Fsp3) is 0.474. The maximum absolute atomic E-state index is 13.0. The van der Waals surface area contributed by atoms with Crippen LogP contribution in [0.5, 0.6) is 0 Å². The first-order chi connectivity index (χ1) is 14.6. The van der Waals surface area contributed by atoms with Crippen LogP contribution in [0.15, 0.2) is 22.6 Å². The average Bonchev–Trinajstić information content (AvgIpc) is 3.33. The van der Waals surface area contributed by atoms with Crippen molar-refractivity contribution in [3.63, 3.8) is 0 Å². The van der Waals surface area contributed by atoms with Crippen LogP contribution in [0.25, 0.3) is 11.5 Å². The number of fused-ring (bicyclic) bond motifs is 1. The lowest BCUT2D eigenvalue weighted by atomic mass is 9.89. The third-order valence-corrected chi connectivity index (χ3v) is 5.52. The molecule has 1 aliphatic heterocycles. The van der Waals surface area contributed by atoms with Gasteiger partial charge in [-0.3, -0.25) is 9.59 Å². The van der Waals surface area contributed by atoms with E-state index in [-0.39, 0.29) is 23.6 Å². The first-order valence-electron chi connectivity index (χ1n) is 9.58. The zero-order chi connectivity index (χ0) is 22.3. The number of amides is 2. The Bertz CT molecular complexity index is 1010. The number of halogens is 5. The van der Waals surface area contributed by atoms with Gasteiger partial charge in [-0.15, -0.1) is 10.2 Å². The lowest BCUT2D eigenvalue weighted by Gasteiger charge is -2.38. The number of carbonyl (C=O) groups excluding carboxylic acids is 2. The number of nitrogens with zero attached hydrogens (tertiary/aromatic N) is 3. The largest absolute Gasteiger partial charge is 0.471 e. The quantitative estimate of drug-likeness (QED) is 0.728. The minimum atomic E-state index is -5.00. The van der Waals surface area contributed by atoms with Crippen molar-refractivity contribution in [1.29, 1.82) is 0 Å². The van der Waals surface area contributed by atoms with Gasteiger partial charge < -0.3 is 14.6 Å². The van der Waals surface area contributed by atoms with Crippen molar-refractivity contribution >= 4 is 11.8 Å². The lowest BCUT2D eigenvalue weighted by molar-refractivity contribution is -0.175. The summed E-state index contributed by atoms with van der Waals surface area (Å²) in [7, 11) is 0. The molecule has 1 fully saturated rings. The van der Waals surface area contributed by atoms with Gasteiger partial charge in [-0.1, -0.05) is 18.9 Å². The van der Waals surface area contributed by atoms with Crippen LogP contribution in [0.1, 0.15) is 53.9 Å². The second kappa shape index (κ2) is 7.89. The Morgan fingerprint density at radius 3 is 2.61 bits per heavy atom. The van der Waals surface area contributed by atoms with Crippen LogP contribution in [-0.4, -0.2) is 45.2 Å². The van der Waals surface area contributed by atoms with Crippen molar-refractivity contribution < 1.29 is 36.0 Å². The highest BCUT2D eigenvalue weighted by Gasteiger charge is 2.44. The molecule has 4 rings (SSSR count). The van der Waals surface area contributed by atoms with E-state index < -0.39 is 42.4 Å². The van der Waals surface area contributed by atoms with Crippen molar-refractivity contribution in [3.8, 4) is 11.5 Å². The number of nitrogens with one attached hydrogen (secondary N) is 1. The molecule has 12 heteroatoms. The van der Waals surface area contributed by atoms with E-state index in [1.807, 2.05) is 5.32 Å². The van der Waals surface area contributed by atoms with Crippen LogP contribution in [-0.2, 0) is 11.3 Å². The molecule has 0 radical (unpaired) electrons. The molecule has 2 heterocycles. The van der Waals surface area contributed by atoms with Crippen LogP contribution < -0.4 is 5.32 Å². The van der Waals surface area contributed by atoms with E-state index in [0.717, 1.165) is 0 Å². The van der Waals surface area contributed by atoms with Crippen LogP contribution in [0.2, 0.25) is 0 Å². The topological polar surface area (TPSA) is 88.3 Å². The summed E-state index contributed by atoms with van der Waals surface area (Å²) in [6.45, 7) is 0.170. The number of benzene rings is 1. The van der Waals surface area contributed by atoms with E-state index >= 15 is 0 Å². The first-order valence-corrected chi connectivity index (χ1v) is 9.58. The van der Waals surface area contributed by atoms with Crippen molar-refractivity contribution in [3.05, 3.63) is 35.2 Å². The standard InChI is InChI=1S/C19H17F5N4O3/c20-14(21)16-27-26-15(31-16)9-5-6-10-8-28(17(29)11(10)7-9)13-4-2-1-3-12(13)25-18(30)19(22,23)24/h5-7,12-14H,1-4,8H2,(H,25,30)/t12-,13-/m1/s1. The fourth-order valence-electron chi connectivity index (χ4n) is 4.07. The molecule has 1 aromatic carbocycles. The number of hydrogen-bond acceptors (Lipinski definition) is 5. The van der Waals surface area contributed by atoms with Crippen LogP contribution in [0, 0.1) is 0 Å². The summed E-state index contributed by atoms with van der Waals surface area (Å²) >= 11 is 0. The SMILES string of the molecule is O=C1c2cc(-c3nnc(C(F)F)o3)ccc2CN1[C@@H]1CCCC[C@H]1NC(=O)C(F)(F)F. The normalized spacial score (nSPS) is 21.5. The molecule has 7 nitrogen and oxygen atoms in total. The van der Waals surface area contributed by atoms with Gasteiger partial charge in [-0.05, 0) is 30.5 Å². The number of alkyl halides is 5. The van der Waals surface area contributed by atoms with E-state index in [2.05, 4.69) is 10.2 Å². The van der Waals surface area contributed by atoms with Crippen LogP contribution >= 0.6 is 0 Å². The fourth-order valence-corrected chi connectivity index (χ4v) is 4.07. The van der Waals surface area contributed by atoms with Crippen LogP contribution in [0.3, 0.4) is 0 Å². The van der Waals surface area contributed by atoms with Gasteiger partial charge >= 0.3 is 18.5 Å². The van der Waals surface area contributed by atoms with Gasteiger partial charge in [0.05, 0.1) is 6.04 Å². The van der Waals surface area contributed by atoms with Gasteiger partial charge in [0.2, 0.25) is 5.89 Å². The van der Waals surface area contributed by atoms with Gasteiger partial charge in [-0.25, -0.2) is 0 Å². The molecule has 166 valence electrons. The molecule has 31 heavy (non-hydrogen) atoms. The third kappa shape index (κ3) is 4.10. The van der Waals surface area contributed by atoms with Gasteiger partial charge in [-0.2, -0.15) is 22.0 Å². The van der Waals surface area contributed by atoms with Gasteiger partial charge in [0.1, 0.15) is 0 Å². The highest BCUT2D eigenvalue weighted by Crippen LogP contribution is 2.34. The second-order valence-corrected chi connectivity index (χ2v) is 7.48. The number of rotatable bonds is 4. The van der Waals surface area contributed by atoms with E-state index in [1.165, 1.54) is 11.0 Å². The van der Waals surface area contributed by atoms with Crippen molar-refractivity contribution in [2.45, 2.75) is 56.9 Å². The van der Waals surface area contributed by atoms with Gasteiger partial charge in [0, 0.05) is 23.7 Å². The summed E-state index contributed by atoms with van der Waals surface area (Å²) in [6.07, 6.45) is -5.79. The summed E-state index contributed by atoms with van der Waals surface area (Å²) in [4.78, 5) is 25.9. The zero-order valence-electron chi connectivity index (χ0n) is 16.0. The molecule has 2 atom stereocenters. The number of hydrogen-bond donors (Lipinski definition) is 1. The molecule has 2 aromatic rings. The molecule has 2 amide bonds. The monoisotopic (exact) mass is 444 g/mol. The molecule has 2 aliphatic rings. The Balaban J connectivity index is 1.55. The lowest BCUT2D eigenvalue weighted by Crippen LogP contribution is -2.55. The molecule has 0 saturated heterocycles. The van der Waals surface area contributed by atoms with Crippen molar-refractivity contribution in [1.82, 2.24) is 20.4 Å². The minimum Gasteiger partial charge on any atom is -0.415 e. The Kier molecular flexibility index (Phi) is 5.40. The zero-order valence-corrected chi connectivity index (χ0v) is 16.0. The van der Waals surface area contributed by atoms with Crippen LogP contribution in [0.4, 0.5) is 22.0 Å². The molecule has 1 N–H and O–H groups in total. The number of carbonyl (C=O) groups is 2. The van der Waals surface area contributed by atoms with Gasteiger partial charge in [0.15, 0.2) is 0 Å². The Hall–Kier alpha value is -3.05. The summed E-state index contributed by atoms with van der Waals surface area (Å²) in [6, 6.07) is 3.19. The molecular formula is C19H17F5N4O3. The maximum Gasteiger partial charge on any atom is 0.471 e. The first kappa shape index (κ1) is 21.2. The summed E-state index contributed by atoms with van der Waals surface area (Å²) in [5.74, 6) is -3.45. The summed E-state index contributed by atoms with van der Waals surface area (Å²) in [5, 5.41) is 8.84. The Labute approximate surface area is 172 Å². The third-order valence-electron chi connectivity index (χ3n) is 5.52. The minimum absolute atomic E-state index is 0.169. The van der Waals surface area contributed by atoms with E-state index in [4.69, 9.17) is 4.42 Å². The highest BCUT2D eigenvalue weighted by molar-refractivity contribution is 5.99. The Morgan fingerprint density at radius 1 is 1.19 bits per heavy atom. The van der Waals surface area contributed by atoms with Gasteiger partial charge in [0.25, 0.3) is 11.8 Å². The smallest absolute Gasteiger partial charge is 0.415 e. The molecule has 0 spiro atoms. The molecule has 1 aliphatic carbocycles. The molecular weight excluding hydrogens is 427 g/mol. The van der Waals surface area contributed by atoms with E-state index in [9.17, 15) is 31.5 Å². The van der Waals surface area contributed by atoms with Crippen molar-refractivity contribution in [2.75, 3.05) is 0 Å². The highest BCUT2D eigenvalue weighted by atomic mass is 19.4. The molecule has 1 saturated carbocycles. The Morgan fingerprint density at radius 2 is 1.94 bits per heavy atom. The molecule has 1 aromatic heterocycles. The average molecular weight is 444 g/mol. The molecule has 0 unspecified atom stereocenters. The predicted octanol–water partition coefficient (Wildman–Crippen LogP) is 3.62. The second-order valence-electron chi connectivity index (χ2n) is 7.48. The number of aromatic nitrogens is 2. The van der Waals surface area contributed by atoms with E-state index in [0.29, 0.717) is 31.2 Å².